The maximum absolute atomic E-state index is 14.2. The number of rotatable bonds is 5. The van der Waals surface area contributed by atoms with Crippen molar-refractivity contribution in [2.24, 2.45) is 5.92 Å². The molecule has 6 aliphatic heterocycles. The van der Waals surface area contributed by atoms with E-state index < -0.39 is 29.1 Å². The van der Waals surface area contributed by atoms with E-state index in [4.69, 9.17) is 0 Å². The van der Waals surface area contributed by atoms with Crippen LogP contribution in [0.3, 0.4) is 0 Å². The second-order valence-corrected chi connectivity index (χ2v) is 17.3. The van der Waals surface area contributed by atoms with Gasteiger partial charge in [0.2, 0.25) is 11.8 Å². The third kappa shape index (κ3) is 6.74. The van der Waals surface area contributed by atoms with Crippen molar-refractivity contribution >= 4 is 40.9 Å². The Balaban J connectivity index is 0.782. The summed E-state index contributed by atoms with van der Waals surface area (Å²) in [6.45, 7) is 13.4. The standard InChI is InChI=1S/C42H51FN10O5/c1-25-20-51(41(58)49-15-16-53-35-18-33(30-5-4-6-32(43)37(30)55)46-47-38(35)44-23-42(53,3)24-49)26(2)19-50(25)21-27-11-13-48(14-12-27)29-8-7-28-22-52(40(57)31(28)17-29)34-9-10-36(54)45-39(34)56/h4-8,17-18,25-27,34,55H,9-16,19-24H2,1-3H3,(H,44,47)(H,45,54,56)/t25-,26+,34+,42+/m0/s1. The SMILES string of the molecule is C[C@@H]1CN(CC2CCN(c3ccc4c(c3)C(=O)N([C@@H]3CCC(=O)NC3=O)C4)CC2)[C@@H](C)CN1C(=O)N1CCN2c3cc(-c4cccc(F)c4O)nnc3NC[C@]2(C)C1. The summed E-state index contributed by atoms with van der Waals surface area (Å²) >= 11 is 0. The van der Waals surface area contributed by atoms with Crippen LogP contribution in [0.5, 0.6) is 5.75 Å². The zero-order valence-electron chi connectivity index (χ0n) is 33.3. The monoisotopic (exact) mass is 794 g/mol. The molecule has 15 nitrogen and oxygen atoms in total. The molecule has 0 radical (unpaired) electrons. The lowest BCUT2D eigenvalue weighted by atomic mass is 9.92. The fourth-order valence-electron chi connectivity index (χ4n) is 9.98. The van der Waals surface area contributed by atoms with Crippen LogP contribution in [0.15, 0.2) is 42.5 Å². The largest absolute Gasteiger partial charge is 0.504 e. The van der Waals surface area contributed by atoms with Gasteiger partial charge in [0.1, 0.15) is 6.04 Å². The van der Waals surface area contributed by atoms with Crippen LogP contribution < -0.4 is 20.4 Å². The first-order valence-corrected chi connectivity index (χ1v) is 20.6. The van der Waals surface area contributed by atoms with Crippen LogP contribution in [0.2, 0.25) is 0 Å². The molecular formula is C42H51FN10O5. The van der Waals surface area contributed by atoms with Gasteiger partial charge in [-0.1, -0.05) is 12.1 Å². The molecule has 5 amide bonds. The molecular weight excluding hydrogens is 744 g/mol. The Hall–Kier alpha value is -5.51. The molecule has 9 rings (SSSR count). The molecule has 6 aliphatic rings. The van der Waals surface area contributed by atoms with E-state index in [1.54, 1.807) is 11.0 Å². The lowest BCUT2D eigenvalue weighted by Crippen LogP contribution is -2.69. The highest BCUT2D eigenvalue weighted by atomic mass is 19.1. The van der Waals surface area contributed by atoms with Gasteiger partial charge in [-0.05, 0) is 81.8 Å². The van der Waals surface area contributed by atoms with Crippen molar-refractivity contribution in [2.75, 3.05) is 74.0 Å². The number of hydrogen-bond acceptors (Lipinski definition) is 11. The minimum Gasteiger partial charge on any atom is -0.504 e. The highest BCUT2D eigenvalue weighted by Crippen LogP contribution is 2.41. The number of aromatic hydroxyl groups is 1. The van der Waals surface area contributed by atoms with Gasteiger partial charge in [-0.15, -0.1) is 10.2 Å². The summed E-state index contributed by atoms with van der Waals surface area (Å²) in [5.74, 6) is -0.851. The van der Waals surface area contributed by atoms with Crippen LogP contribution >= 0.6 is 0 Å². The number of urea groups is 1. The first kappa shape index (κ1) is 38.0. The third-order valence-electron chi connectivity index (χ3n) is 13.4. The fraction of sp³-hybridized carbons (Fsp3) is 0.524. The highest BCUT2D eigenvalue weighted by Gasteiger charge is 2.46. The molecule has 3 aromatic rings. The molecule has 1 aromatic heterocycles. The lowest BCUT2D eigenvalue weighted by Gasteiger charge is -2.54. The Morgan fingerprint density at radius 2 is 1.78 bits per heavy atom. The Labute approximate surface area is 337 Å². The fourth-order valence-corrected chi connectivity index (χ4v) is 9.98. The van der Waals surface area contributed by atoms with E-state index in [9.17, 15) is 28.7 Å². The second-order valence-electron chi connectivity index (χ2n) is 17.3. The average Bonchev–Trinajstić information content (AvgIpc) is 3.54. The zero-order chi connectivity index (χ0) is 40.5. The number of anilines is 3. The Bertz CT molecular complexity index is 2160. The molecule has 16 heteroatoms. The van der Waals surface area contributed by atoms with Crippen molar-refractivity contribution in [3.63, 3.8) is 0 Å². The number of carbonyl (C=O) groups is 4. The Morgan fingerprint density at radius 3 is 2.57 bits per heavy atom. The van der Waals surface area contributed by atoms with Gasteiger partial charge in [0, 0.05) is 101 Å². The van der Waals surface area contributed by atoms with Crippen LogP contribution in [-0.4, -0.2) is 141 Å². The van der Waals surface area contributed by atoms with Crippen LogP contribution in [0.1, 0.15) is 62.4 Å². The number of halogens is 1. The van der Waals surface area contributed by atoms with E-state index in [2.05, 4.69) is 62.4 Å². The summed E-state index contributed by atoms with van der Waals surface area (Å²) in [5.41, 5.74) is 3.64. The first-order chi connectivity index (χ1) is 27.9. The minimum absolute atomic E-state index is 0.0558. The van der Waals surface area contributed by atoms with Crippen molar-refractivity contribution in [2.45, 2.75) is 76.7 Å². The van der Waals surface area contributed by atoms with Crippen LogP contribution in [0.4, 0.5) is 26.4 Å². The number of nitrogens with one attached hydrogen (secondary N) is 2. The van der Waals surface area contributed by atoms with Crippen LogP contribution in [0, 0.1) is 11.7 Å². The van der Waals surface area contributed by atoms with Crippen molar-refractivity contribution < 1.29 is 28.7 Å². The number of imide groups is 1. The number of aromatic nitrogens is 2. The highest BCUT2D eigenvalue weighted by molar-refractivity contribution is 6.05. The smallest absolute Gasteiger partial charge is 0.320 e. The summed E-state index contributed by atoms with van der Waals surface area (Å²) < 4.78 is 14.2. The van der Waals surface area contributed by atoms with E-state index in [1.165, 1.54) is 12.1 Å². The maximum Gasteiger partial charge on any atom is 0.320 e. The van der Waals surface area contributed by atoms with Gasteiger partial charge in [0.05, 0.1) is 16.9 Å². The van der Waals surface area contributed by atoms with Gasteiger partial charge in [-0.25, -0.2) is 9.18 Å². The summed E-state index contributed by atoms with van der Waals surface area (Å²) in [6, 6.07) is 12.0. The molecule has 0 saturated carbocycles. The van der Waals surface area contributed by atoms with E-state index in [1.807, 2.05) is 28.0 Å². The van der Waals surface area contributed by atoms with Crippen LogP contribution in [0.25, 0.3) is 11.3 Å². The number of para-hydroxylation sites is 1. The molecule has 7 heterocycles. The molecule has 0 unspecified atom stereocenters. The number of nitrogens with zero attached hydrogens (tertiary/aromatic N) is 8. The normalized spacial score (nSPS) is 26.6. The average molecular weight is 795 g/mol. The third-order valence-corrected chi connectivity index (χ3v) is 13.4. The van der Waals surface area contributed by atoms with E-state index in [-0.39, 0.29) is 41.9 Å². The summed E-state index contributed by atoms with van der Waals surface area (Å²) in [7, 11) is 0. The summed E-state index contributed by atoms with van der Waals surface area (Å²) in [6.07, 6.45) is 2.66. The topological polar surface area (TPSA) is 158 Å². The maximum atomic E-state index is 14.2. The first-order valence-electron chi connectivity index (χ1n) is 20.6. The Kier molecular flexibility index (Phi) is 9.64. The van der Waals surface area contributed by atoms with Crippen molar-refractivity contribution in [3.05, 3.63) is 59.4 Å². The predicted octanol–water partition coefficient (Wildman–Crippen LogP) is 3.49. The predicted molar refractivity (Wildman–Crippen MR) is 215 cm³/mol. The van der Waals surface area contributed by atoms with Crippen molar-refractivity contribution in [1.82, 2.24) is 35.1 Å². The number of phenolic OH excluding ortho intramolecular Hbond substituents is 1. The second kappa shape index (κ2) is 14.7. The summed E-state index contributed by atoms with van der Waals surface area (Å²) in [5, 5.41) is 24.8. The lowest BCUT2D eigenvalue weighted by molar-refractivity contribution is -0.136. The van der Waals surface area contributed by atoms with Gasteiger partial charge in [0.15, 0.2) is 17.4 Å². The molecule has 4 saturated heterocycles. The van der Waals surface area contributed by atoms with E-state index in [0.717, 1.165) is 56.0 Å². The molecule has 306 valence electrons. The van der Waals surface area contributed by atoms with E-state index >= 15 is 0 Å². The molecule has 0 aliphatic carbocycles. The van der Waals surface area contributed by atoms with Gasteiger partial charge in [-0.2, -0.15) is 0 Å². The summed E-state index contributed by atoms with van der Waals surface area (Å²) in [4.78, 5) is 64.5. The van der Waals surface area contributed by atoms with Crippen molar-refractivity contribution in [1.29, 1.82) is 0 Å². The van der Waals surface area contributed by atoms with Gasteiger partial charge >= 0.3 is 6.03 Å². The molecule has 58 heavy (non-hydrogen) atoms. The Morgan fingerprint density at radius 1 is 0.966 bits per heavy atom. The van der Waals surface area contributed by atoms with Crippen LogP contribution in [-0.2, 0) is 16.1 Å². The molecule has 2 aromatic carbocycles. The quantitative estimate of drug-likeness (QED) is 0.325. The molecule has 4 atom stereocenters. The van der Waals surface area contributed by atoms with Gasteiger partial charge < -0.3 is 34.9 Å². The number of benzene rings is 2. The zero-order valence-corrected chi connectivity index (χ0v) is 33.3. The number of fused-ring (bicyclic) bond motifs is 4. The molecule has 4 fully saturated rings. The minimum atomic E-state index is -0.714. The van der Waals surface area contributed by atoms with Crippen molar-refractivity contribution in [3.8, 4) is 17.0 Å². The number of hydrogen-bond donors (Lipinski definition) is 3. The molecule has 0 spiro atoms. The number of piperazine rings is 2. The number of phenols is 1. The molecule has 0 bridgehead atoms. The number of amides is 5. The van der Waals surface area contributed by atoms with E-state index in [0.29, 0.717) is 68.7 Å². The molecule has 3 N–H and O–H groups in total. The van der Waals surface area contributed by atoms with Gasteiger partial charge in [-0.3, -0.25) is 24.6 Å². The number of carbonyl (C=O) groups excluding carboxylic acids is 4. The van der Waals surface area contributed by atoms with Gasteiger partial charge in [0.25, 0.3) is 5.91 Å². The number of piperidine rings is 2.